The number of para-hydroxylation sites is 1. The van der Waals surface area contributed by atoms with Gasteiger partial charge in [0.15, 0.2) is 0 Å². The average molecular weight is 448 g/mol. The first-order chi connectivity index (χ1) is 14.8. The normalized spacial score (nSPS) is 13.7. The Balaban J connectivity index is 1.93. The molecule has 0 bridgehead atoms. The van der Waals surface area contributed by atoms with Crippen molar-refractivity contribution in [3.8, 4) is 5.75 Å². The van der Waals surface area contributed by atoms with Crippen molar-refractivity contribution in [2.75, 3.05) is 12.7 Å². The second-order valence-electron chi connectivity index (χ2n) is 7.13. The Bertz CT molecular complexity index is 876. The molecule has 0 aliphatic carbocycles. The summed E-state index contributed by atoms with van der Waals surface area (Å²) < 4.78 is 29.4. The summed E-state index contributed by atoms with van der Waals surface area (Å²) in [7, 11) is -3.55. The quantitative estimate of drug-likeness (QED) is 0.394. The molecule has 0 spiro atoms. The SMILES string of the molecule is CC(C)OC(=O)[C@H](C)NP(=O)(CCNC(=O)OCc1ccccc1)Oc1ccccc1. The summed E-state index contributed by atoms with van der Waals surface area (Å²) >= 11 is 0. The lowest BCUT2D eigenvalue weighted by Crippen LogP contribution is -2.38. The van der Waals surface area contributed by atoms with Gasteiger partial charge < -0.3 is 19.3 Å². The fourth-order valence-electron chi connectivity index (χ4n) is 2.55. The second kappa shape index (κ2) is 12.1. The van der Waals surface area contributed by atoms with Crippen LogP contribution in [0, 0.1) is 0 Å². The Morgan fingerprint density at radius 3 is 2.19 bits per heavy atom. The van der Waals surface area contributed by atoms with Gasteiger partial charge in [0.1, 0.15) is 18.4 Å². The third-order valence-corrected chi connectivity index (χ3v) is 6.08. The lowest BCUT2D eigenvalue weighted by molar-refractivity contribution is -0.149. The van der Waals surface area contributed by atoms with Crippen molar-refractivity contribution in [1.29, 1.82) is 0 Å². The summed E-state index contributed by atoms with van der Waals surface area (Å²) in [5, 5.41) is 5.30. The molecule has 0 fully saturated rings. The number of carbonyl (C=O) groups excluding carboxylic acids is 2. The molecule has 8 nitrogen and oxygen atoms in total. The van der Waals surface area contributed by atoms with Crippen molar-refractivity contribution in [1.82, 2.24) is 10.4 Å². The van der Waals surface area contributed by atoms with Gasteiger partial charge in [-0.3, -0.25) is 9.36 Å². The second-order valence-corrected chi connectivity index (χ2v) is 9.36. The van der Waals surface area contributed by atoms with E-state index in [1.807, 2.05) is 30.3 Å². The van der Waals surface area contributed by atoms with Gasteiger partial charge >= 0.3 is 19.6 Å². The third kappa shape index (κ3) is 9.24. The smallest absolute Gasteiger partial charge is 0.407 e. The van der Waals surface area contributed by atoms with Gasteiger partial charge in [0, 0.05) is 6.54 Å². The first kappa shape index (κ1) is 24.4. The van der Waals surface area contributed by atoms with Crippen LogP contribution < -0.4 is 14.9 Å². The van der Waals surface area contributed by atoms with Crippen LogP contribution in [-0.2, 0) is 25.4 Å². The molecule has 0 radical (unpaired) electrons. The topological polar surface area (TPSA) is 103 Å². The zero-order valence-corrected chi connectivity index (χ0v) is 18.8. The van der Waals surface area contributed by atoms with Gasteiger partial charge in [-0.1, -0.05) is 48.5 Å². The molecule has 0 saturated carbocycles. The first-order valence-corrected chi connectivity index (χ1v) is 11.8. The number of amides is 1. The highest BCUT2D eigenvalue weighted by atomic mass is 31.2. The Morgan fingerprint density at radius 2 is 1.58 bits per heavy atom. The highest BCUT2D eigenvalue weighted by Gasteiger charge is 2.30. The fraction of sp³-hybridized carbons (Fsp3) is 0.364. The van der Waals surface area contributed by atoms with E-state index >= 15 is 0 Å². The number of benzene rings is 2. The molecule has 0 aromatic heterocycles. The van der Waals surface area contributed by atoms with E-state index in [-0.39, 0.29) is 25.4 Å². The molecular weight excluding hydrogens is 419 g/mol. The van der Waals surface area contributed by atoms with Crippen LogP contribution in [0.1, 0.15) is 26.3 Å². The number of hydrogen-bond acceptors (Lipinski definition) is 6. The van der Waals surface area contributed by atoms with E-state index in [9.17, 15) is 14.2 Å². The van der Waals surface area contributed by atoms with Gasteiger partial charge in [-0.15, -0.1) is 0 Å². The van der Waals surface area contributed by atoms with E-state index in [1.165, 1.54) is 0 Å². The Kier molecular flexibility index (Phi) is 9.56. The Hall–Kier alpha value is -2.83. The third-order valence-electron chi connectivity index (χ3n) is 3.98. The minimum Gasteiger partial charge on any atom is -0.462 e. The summed E-state index contributed by atoms with van der Waals surface area (Å²) in [4.78, 5) is 24.1. The van der Waals surface area contributed by atoms with Crippen LogP contribution in [0.4, 0.5) is 4.79 Å². The van der Waals surface area contributed by atoms with Gasteiger partial charge in [-0.05, 0) is 38.5 Å². The first-order valence-electron chi connectivity index (χ1n) is 10.0. The van der Waals surface area contributed by atoms with Gasteiger partial charge in [0.25, 0.3) is 0 Å². The minimum absolute atomic E-state index is 0.0245. The molecule has 0 aliphatic rings. The monoisotopic (exact) mass is 448 g/mol. The van der Waals surface area contributed by atoms with Crippen LogP contribution in [0.2, 0.25) is 0 Å². The van der Waals surface area contributed by atoms with Crippen molar-refractivity contribution in [3.63, 3.8) is 0 Å². The molecule has 2 rings (SSSR count). The molecule has 31 heavy (non-hydrogen) atoms. The van der Waals surface area contributed by atoms with Gasteiger partial charge in [0.2, 0.25) is 0 Å². The highest BCUT2D eigenvalue weighted by molar-refractivity contribution is 7.57. The van der Waals surface area contributed by atoms with Crippen LogP contribution in [0.15, 0.2) is 60.7 Å². The van der Waals surface area contributed by atoms with Crippen LogP contribution in [0.3, 0.4) is 0 Å². The number of rotatable bonds is 11. The molecule has 1 amide bonds. The minimum atomic E-state index is -3.55. The van der Waals surface area contributed by atoms with Crippen LogP contribution in [0.25, 0.3) is 0 Å². The summed E-state index contributed by atoms with van der Waals surface area (Å²) in [5.74, 6) is -0.156. The molecule has 2 aromatic carbocycles. The number of esters is 1. The number of carbonyl (C=O) groups is 2. The van der Waals surface area contributed by atoms with E-state index in [2.05, 4.69) is 10.4 Å². The fourth-order valence-corrected chi connectivity index (χ4v) is 4.39. The average Bonchev–Trinajstić information content (AvgIpc) is 2.73. The standard InChI is InChI=1S/C22H29N2O6P/c1-17(2)29-21(25)18(3)24-31(27,30-20-12-8-5-9-13-20)15-14-23-22(26)28-16-19-10-6-4-7-11-19/h4-13,17-18H,14-16H2,1-3H3,(H,23,26)(H,24,27)/t18-,31?/m0/s1. The molecule has 9 heteroatoms. The Labute approximate surface area is 182 Å². The zero-order chi connectivity index (χ0) is 22.7. The number of ether oxygens (including phenoxy) is 2. The van der Waals surface area contributed by atoms with Gasteiger partial charge in [-0.25, -0.2) is 9.88 Å². The van der Waals surface area contributed by atoms with Gasteiger partial charge in [-0.2, -0.15) is 0 Å². The van der Waals surface area contributed by atoms with Crippen LogP contribution >= 0.6 is 7.52 Å². The van der Waals surface area contributed by atoms with Gasteiger partial charge in [0.05, 0.1) is 12.3 Å². The number of alkyl carbamates (subject to hydrolysis) is 1. The van der Waals surface area contributed by atoms with Crippen molar-refractivity contribution in [3.05, 3.63) is 66.2 Å². The lowest BCUT2D eigenvalue weighted by atomic mass is 10.2. The molecular formula is C22H29N2O6P. The summed E-state index contributed by atoms with van der Waals surface area (Å²) in [6.45, 7) is 5.16. The lowest BCUT2D eigenvalue weighted by Gasteiger charge is -2.24. The number of hydrogen-bond donors (Lipinski definition) is 2. The summed E-state index contributed by atoms with van der Waals surface area (Å²) in [5.41, 5.74) is 0.856. The maximum absolute atomic E-state index is 13.4. The van der Waals surface area contributed by atoms with E-state index < -0.39 is 25.6 Å². The predicted octanol–water partition coefficient (Wildman–Crippen LogP) is 4.11. The molecule has 1 unspecified atom stereocenters. The van der Waals surface area contributed by atoms with E-state index in [1.54, 1.807) is 51.1 Å². The van der Waals surface area contributed by atoms with E-state index in [4.69, 9.17) is 14.0 Å². The maximum atomic E-state index is 13.4. The summed E-state index contributed by atoms with van der Waals surface area (Å²) in [6.07, 6.45) is -0.989. The van der Waals surface area contributed by atoms with Crippen molar-refractivity contribution in [2.45, 2.75) is 39.5 Å². The molecule has 2 N–H and O–H groups in total. The molecule has 0 aliphatic heterocycles. The number of nitrogens with one attached hydrogen (secondary N) is 2. The molecule has 0 saturated heterocycles. The van der Waals surface area contributed by atoms with Crippen molar-refractivity contribution in [2.24, 2.45) is 0 Å². The van der Waals surface area contributed by atoms with Crippen molar-refractivity contribution < 1.29 is 28.2 Å². The largest absolute Gasteiger partial charge is 0.462 e. The molecule has 2 atom stereocenters. The Morgan fingerprint density at radius 1 is 0.968 bits per heavy atom. The molecule has 2 aromatic rings. The molecule has 0 heterocycles. The van der Waals surface area contributed by atoms with Crippen molar-refractivity contribution >= 4 is 19.6 Å². The highest BCUT2D eigenvalue weighted by Crippen LogP contribution is 2.43. The molecule has 168 valence electrons. The van der Waals surface area contributed by atoms with Crippen LogP contribution in [0.5, 0.6) is 5.75 Å². The maximum Gasteiger partial charge on any atom is 0.407 e. The predicted molar refractivity (Wildman–Crippen MR) is 118 cm³/mol. The van der Waals surface area contributed by atoms with Crippen LogP contribution in [-0.4, -0.2) is 36.9 Å². The van der Waals surface area contributed by atoms with E-state index in [0.29, 0.717) is 5.75 Å². The summed E-state index contributed by atoms with van der Waals surface area (Å²) in [6, 6.07) is 17.0. The van der Waals surface area contributed by atoms with E-state index in [0.717, 1.165) is 5.56 Å². The zero-order valence-electron chi connectivity index (χ0n) is 17.9.